The first kappa shape index (κ1) is 12.1. The van der Waals surface area contributed by atoms with E-state index in [4.69, 9.17) is 11.6 Å². The fraction of sp³-hybridized carbons (Fsp3) is 0.417. The normalized spacial score (nSPS) is 11.3. The van der Waals surface area contributed by atoms with Crippen LogP contribution in [0.5, 0.6) is 0 Å². The maximum atomic E-state index is 11.0. The van der Waals surface area contributed by atoms with E-state index in [1.807, 2.05) is 24.1 Å². The highest BCUT2D eigenvalue weighted by Gasteiger charge is 2.20. The predicted octanol–water partition coefficient (Wildman–Crippen LogP) is 3.39. The van der Waals surface area contributed by atoms with E-state index in [0.29, 0.717) is 10.6 Å². The van der Waals surface area contributed by atoms with Gasteiger partial charge in [0.25, 0.3) is 0 Å². The van der Waals surface area contributed by atoms with Gasteiger partial charge in [-0.2, -0.15) is 0 Å². The van der Waals surface area contributed by atoms with Crippen LogP contribution in [0.1, 0.15) is 31.1 Å². The Labute approximate surface area is 95.8 Å². The Balaban J connectivity index is 3.25. The summed E-state index contributed by atoms with van der Waals surface area (Å²) in [5, 5.41) is 0.499. The summed E-state index contributed by atoms with van der Waals surface area (Å²) in [5.41, 5.74) is 1.38. The van der Waals surface area contributed by atoms with Gasteiger partial charge < -0.3 is 4.90 Å². The van der Waals surface area contributed by atoms with Gasteiger partial charge in [-0.25, -0.2) is 0 Å². The summed E-state index contributed by atoms with van der Waals surface area (Å²) in [4.78, 5) is 13.0. The number of carbonyl (C=O) groups excluding carboxylic acids is 1. The minimum atomic E-state index is -0.0392. The van der Waals surface area contributed by atoms with Crippen molar-refractivity contribution in [3.05, 3.63) is 28.8 Å². The molecule has 0 heterocycles. The molecule has 2 nitrogen and oxygen atoms in total. The highest BCUT2D eigenvalue weighted by Crippen LogP contribution is 2.29. The highest BCUT2D eigenvalue weighted by atomic mass is 35.5. The molecule has 0 saturated carbocycles. The van der Waals surface area contributed by atoms with E-state index in [2.05, 4.69) is 20.8 Å². The van der Waals surface area contributed by atoms with Gasteiger partial charge in [-0.3, -0.25) is 4.79 Å². The van der Waals surface area contributed by atoms with Crippen LogP contribution in [-0.2, 0) is 0 Å². The lowest BCUT2D eigenvalue weighted by atomic mass is 10.0. The quantitative estimate of drug-likeness (QED) is 0.720. The zero-order valence-corrected chi connectivity index (χ0v) is 10.3. The van der Waals surface area contributed by atoms with Gasteiger partial charge in [0.1, 0.15) is 0 Å². The van der Waals surface area contributed by atoms with Crippen LogP contribution in [0.2, 0.25) is 5.02 Å². The van der Waals surface area contributed by atoms with E-state index in [1.165, 1.54) is 0 Å². The molecule has 0 N–H and O–H groups in total. The fourth-order valence-corrected chi connectivity index (χ4v) is 1.51. The molecule has 1 aromatic carbocycles. The summed E-state index contributed by atoms with van der Waals surface area (Å²) in [6, 6.07) is 5.49. The van der Waals surface area contributed by atoms with Crippen molar-refractivity contribution in [1.82, 2.24) is 0 Å². The van der Waals surface area contributed by atoms with Gasteiger partial charge >= 0.3 is 0 Å². The lowest BCUT2D eigenvalue weighted by molar-refractivity contribution is 0.112. The zero-order valence-electron chi connectivity index (χ0n) is 9.54. The Morgan fingerprint density at radius 1 is 1.33 bits per heavy atom. The van der Waals surface area contributed by atoms with Gasteiger partial charge in [0.05, 0.1) is 10.6 Å². The van der Waals surface area contributed by atoms with Crippen molar-refractivity contribution in [2.75, 3.05) is 11.9 Å². The Morgan fingerprint density at radius 3 is 2.40 bits per heavy atom. The molecule has 15 heavy (non-hydrogen) atoms. The average molecular weight is 226 g/mol. The lowest BCUT2D eigenvalue weighted by Gasteiger charge is -2.35. The summed E-state index contributed by atoms with van der Waals surface area (Å²) >= 11 is 5.97. The van der Waals surface area contributed by atoms with Crippen molar-refractivity contribution in [3.63, 3.8) is 0 Å². The van der Waals surface area contributed by atoms with Crippen molar-refractivity contribution in [2.24, 2.45) is 0 Å². The Kier molecular flexibility index (Phi) is 3.40. The van der Waals surface area contributed by atoms with Crippen LogP contribution in [0.25, 0.3) is 0 Å². The smallest absolute Gasteiger partial charge is 0.153 e. The molecule has 0 aliphatic rings. The molecule has 1 aromatic rings. The molecule has 0 spiro atoms. The number of nitrogens with zero attached hydrogens (tertiary/aromatic N) is 1. The summed E-state index contributed by atoms with van der Waals surface area (Å²) in [6.45, 7) is 6.26. The van der Waals surface area contributed by atoms with Gasteiger partial charge in [-0.15, -0.1) is 0 Å². The first-order chi connectivity index (χ1) is 6.88. The number of rotatable bonds is 2. The molecule has 0 unspecified atom stereocenters. The van der Waals surface area contributed by atoms with Crippen LogP contribution in [0.3, 0.4) is 0 Å². The third-order valence-electron chi connectivity index (χ3n) is 2.52. The minimum Gasteiger partial charge on any atom is -0.369 e. The summed E-state index contributed by atoms with van der Waals surface area (Å²) < 4.78 is 0. The third-order valence-corrected chi connectivity index (χ3v) is 2.84. The SMILES string of the molecule is CN(c1cccc(Cl)c1C=O)C(C)(C)C. The standard InChI is InChI=1S/C12H16ClNO/c1-12(2,3)14(4)11-7-5-6-10(13)9(11)8-15/h5-8H,1-4H3. The summed E-state index contributed by atoms with van der Waals surface area (Å²) in [6.07, 6.45) is 0.805. The molecule has 0 aliphatic heterocycles. The van der Waals surface area contributed by atoms with E-state index in [1.54, 1.807) is 6.07 Å². The molecule has 0 radical (unpaired) electrons. The number of aldehydes is 1. The summed E-state index contributed by atoms with van der Waals surface area (Å²) in [7, 11) is 1.96. The maximum absolute atomic E-state index is 11.0. The van der Waals surface area contributed by atoms with Crippen molar-refractivity contribution >= 4 is 23.6 Å². The maximum Gasteiger partial charge on any atom is 0.153 e. The summed E-state index contributed by atoms with van der Waals surface area (Å²) in [5.74, 6) is 0. The fourth-order valence-electron chi connectivity index (χ4n) is 1.30. The molecule has 0 bridgehead atoms. The van der Waals surface area contributed by atoms with Crippen LogP contribution in [0.15, 0.2) is 18.2 Å². The predicted molar refractivity (Wildman–Crippen MR) is 65.0 cm³/mol. The van der Waals surface area contributed by atoms with Crippen LogP contribution in [-0.4, -0.2) is 18.9 Å². The molecule has 0 aromatic heterocycles. The molecule has 3 heteroatoms. The van der Waals surface area contributed by atoms with Gasteiger partial charge in [0, 0.05) is 18.3 Å². The molecule has 1 rings (SSSR count). The Bertz CT molecular complexity index is 368. The number of anilines is 1. The van der Waals surface area contributed by atoms with Crippen LogP contribution >= 0.6 is 11.6 Å². The van der Waals surface area contributed by atoms with Gasteiger partial charge in [0.2, 0.25) is 0 Å². The van der Waals surface area contributed by atoms with Gasteiger partial charge in [-0.05, 0) is 32.9 Å². The second kappa shape index (κ2) is 4.23. The number of carbonyl (C=O) groups is 1. The molecular formula is C12H16ClNO. The second-order valence-electron chi connectivity index (χ2n) is 4.52. The van der Waals surface area contributed by atoms with E-state index >= 15 is 0 Å². The van der Waals surface area contributed by atoms with Crippen molar-refractivity contribution in [3.8, 4) is 0 Å². The monoisotopic (exact) mass is 225 g/mol. The van der Waals surface area contributed by atoms with Crippen molar-refractivity contribution in [2.45, 2.75) is 26.3 Å². The number of benzene rings is 1. The van der Waals surface area contributed by atoms with Crippen LogP contribution in [0.4, 0.5) is 5.69 Å². The molecule has 0 saturated heterocycles. The van der Waals surface area contributed by atoms with Crippen molar-refractivity contribution < 1.29 is 4.79 Å². The molecule has 0 fully saturated rings. The number of halogens is 1. The number of hydrogen-bond donors (Lipinski definition) is 0. The first-order valence-electron chi connectivity index (χ1n) is 4.85. The van der Waals surface area contributed by atoms with Crippen molar-refractivity contribution in [1.29, 1.82) is 0 Å². The average Bonchev–Trinajstić information content (AvgIpc) is 2.14. The van der Waals surface area contributed by atoms with E-state index in [0.717, 1.165) is 12.0 Å². The minimum absolute atomic E-state index is 0.0392. The molecule has 82 valence electrons. The van der Waals surface area contributed by atoms with Gasteiger partial charge in [0.15, 0.2) is 6.29 Å². The van der Waals surface area contributed by atoms with E-state index < -0.39 is 0 Å². The number of hydrogen-bond acceptors (Lipinski definition) is 2. The molecule has 0 aliphatic carbocycles. The third kappa shape index (κ3) is 2.51. The second-order valence-corrected chi connectivity index (χ2v) is 4.93. The van der Waals surface area contributed by atoms with Gasteiger partial charge in [-0.1, -0.05) is 17.7 Å². The Hall–Kier alpha value is -1.02. The van der Waals surface area contributed by atoms with Crippen LogP contribution in [0, 0.1) is 0 Å². The molecule has 0 amide bonds. The molecular weight excluding hydrogens is 210 g/mol. The van der Waals surface area contributed by atoms with Crippen LogP contribution < -0.4 is 4.90 Å². The topological polar surface area (TPSA) is 20.3 Å². The Morgan fingerprint density at radius 2 is 1.93 bits per heavy atom. The largest absolute Gasteiger partial charge is 0.369 e. The highest BCUT2D eigenvalue weighted by molar-refractivity contribution is 6.33. The first-order valence-corrected chi connectivity index (χ1v) is 5.23. The van der Waals surface area contributed by atoms with E-state index in [-0.39, 0.29) is 5.54 Å². The lowest BCUT2D eigenvalue weighted by Crippen LogP contribution is -2.38. The zero-order chi connectivity index (χ0) is 11.6. The molecule has 0 atom stereocenters. The van der Waals surface area contributed by atoms with E-state index in [9.17, 15) is 4.79 Å².